The van der Waals surface area contributed by atoms with Gasteiger partial charge in [0.1, 0.15) is 0 Å². The zero-order chi connectivity index (χ0) is 23.3. The first-order chi connectivity index (χ1) is 15.3. The van der Waals surface area contributed by atoms with E-state index in [4.69, 9.17) is 10.00 Å². The van der Waals surface area contributed by atoms with Gasteiger partial charge in [0, 0.05) is 57.3 Å². The van der Waals surface area contributed by atoms with Crippen LogP contribution in [0, 0.1) is 23.2 Å². The summed E-state index contributed by atoms with van der Waals surface area (Å²) < 4.78 is 45.5. The first kappa shape index (κ1) is 23.5. The molecule has 0 spiro atoms. The van der Waals surface area contributed by atoms with Crippen LogP contribution >= 0.6 is 0 Å². The molecule has 1 amide bonds. The number of carbonyl (C=O) groups excluding carboxylic acids is 1. The second kappa shape index (κ2) is 10.0. The molecule has 0 radical (unpaired) electrons. The molecule has 0 unspecified atom stereocenters. The van der Waals surface area contributed by atoms with Gasteiger partial charge in [0.25, 0.3) is 0 Å². The summed E-state index contributed by atoms with van der Waals surface area (Å²) in [6, 6.07) is 8.96. The van der Waals surface area contributed by atoms with Gasteiger partial charge in [0.05, 0.1) is 29.7 Å². The normalized spacial score (nSPS) is 18.4. The standard InChI is InChI=1S/C23H25F3N4O2/c1-3-29(12-16-6-8-28-9-7-16)22(31)20-14-30(13-18(20)15-32-2)19-5-4-17(11-27)21(10-19)23(24,25)26/h4-10,18,20H,3,12-15H2,1-2H3/t18-,20+/m1/s1. The van der Waals surface area contributed by atoms with E-state index in [0.717, 1.165) is 11.6 Å². The zero-order valence-corrected chi connectivity index (χ0v) is 18.0. The molecule has 0 aliphatic carbocycles. The number of hydrogen-bond donors (Lipinski definition) is 0. The van der Waals surface area contributed by atoms with E-state index in [2.05, 4.69) is 4.98 Å². The molecule has 1 aromatic carbocycles. The van der Waals surface area contributed by atoms with Gasteiger partial charge in [-0.2, -0.15) is 18.4 Å². The van der Waals surface area contributed by atoms with Gasteiger partial charge in [0.15, 0.2) is 0 Å². The fourth-order valence-electron chi connectivity index (χ4n) is 4.09. The summed E-state index contributed by atoms with van der Waals surface area (Å²) in [5.41, 5.74) is -0.0976. The SMILES string of the molecule is CCN(Cc1ccncc1)C(=O)[C@H]1CN(c2ccc(C#N)c(C(F)(F)F)c2)C[C@@H]1COC. The third-order valence-electron chi connectivity index (χ3n) is 5.75. The van der Waals surface area contributed by atoms with Crippen LogP contribution in [0.4, 0.5) is 18.9 Å². The highest BCUT2D eigenvalue weighted by Gasteiger charge is 2.40. The summed E-state index contributed by atoms with van der Waals surface area (Å²) in [5.74, 6) is -0.635. The number of nitriles is 1. The number of pyridine rings is 1. The molecule has 1 saturated heterocycles. The Morgan fingerprint density at radius 1 is 1.28 bits per heavy atom. The molecular weight excluding hydrogens is 421 g/mol. The lowest BCUT2D eigenvalue weighted by Crippen LogP contribution is -2.39. The van der Waals surface area contributed by atoms with Crippen molar-refractivity contribution in [2.24, 2.45) is 11.8 Å². The van der Waals surface area contributed by atoms with Crippen molar-refractivity contribution in [1.29, 1.82) is 5.26 Å². The van der Waals surface area contributed by atoms with Gasteiger partial charge in [-0.3, -0.25) is 9.78 Å². The van der Waals surface area contributed by atoms with E-state index in [1.54, 1.807) is 35.4 Å². The smallest absolute Gasteiger partial charge is 0.384 e. The number of benzene rings is 1. The number of anilines is 1. The summed E-state index contributed by atoms with van der Waals surface area (Å²) in [6.45, 7) is 3.83. The van der Waals surface area contributed by atoms with Crippen LogP contribution in [0.2, 0.25) is 0 Å². The van der Waals surface area contributed by atoms with E-state index in [1.807, 2.05) is 19.1 Å². The highest BCUT2D eigenvalue weighted by atomic mass is 19.4. The molecule has 0 bridgehead atoms. The van der Waals surface area contributed by atoms with Crippen molar-refractivity contribution in [3.05, 3.63) is 59.4 Å². The van der Waals surface area contributed by atoms with Crippen LogP contribution in [0.3, 0.4) is 0 Å². The van der Waals surface area contributed by atoms with E-state index >= 15 is 0 Å². The summed E-state index contributed by atoms with van der Waals surface area (Å²) in [7, 11) is 1.54. The highest BCUT2D eigenvalue weighted by Crippen LogP contribution is 2.37. The molecule has 0 N–H and O–H groups in total. The molecule has 2 aromatic rings. The average molecular weight is 446 g/mol. The van der Waals surface area contributed by atoms with E-state index in [1.165, 1.54) is 12.1 Å². The molecule has 1 aromatic heterocycles. The van der Waals surface area contributed by atoms with Gasteiger partial charge in [0.2, 0.25) is 5.91 Å². The fraction of sp³-hybridized carbons (Fsp3) is 0.435. The van der Waals surface area contributed by atoms with Crippen LogP contribution in [0.1, 0.15) is 23.6 Å². The quantitative estimate of drug-likeness (QED) is 0.649. The Morgan fingerprint density at radius 3 is 2.59 bits per heavy atom. The minimum absolute atomic E-state index is 0.0569. The number of aromatic nitrogens is 1. The van der Waals surface area contributed by atoms with Crippen molar-refractivity contribution in [2.45, 2.75) is 19.6 Å². The summed E-state index contributed by atoms with van der Waals surface area (Å²) in [6.07, 6.45) is -1.30. The van der Waals surface area contributed by atoms with Gasteiger partial charge in [-0.1, -0.05) is 0 Å². The van der Waals surface area contributed by atoms with Crippen LogP contribution in [-0.2, 0) is 22.3 Å². The topological polar surface area (TPSA) is 69.5 Å². The van der Waals surface area contributed by atoms with Crippen LogP contribution in [0.25, 0.3) is 0 Å². The Hall–Kier alpha value is -3.12. The van der Waals surface area contributed by atoms with Crippen molar-refractivity contribution in [3.8, 4) is 6.07 Å². The second-order valence-electron chi connectivity index (χ2n) is 7.77. The van der Waals surface area contributed by atoms with Crippen LogP contribution in [0.5, 0.6) is 0 Å². The number of nitrogens with zero attached hydrogens (tertiary/aromatic N) is 4. The molecule has 170 valence electrons. The maximum atomic E-state index is 13.4. The van der Waals surface area contributed by atoms with E-state index in [9.17, 15) is 18.0 Å². The second-order valence-corrected chi connectivity index (χ2v) is 7.77. The third-order valence-corrected chi connectivity index (χ3v) is 5.75. The molecule has 9 heteroatoms. The molecule has 6 nitrogen and oxygen atoms in total. The zero-order valence-electron chi connectivity index (χ0n) is 18.0. The summed E-state index contributed by atoms with van der Waals surface area (Å²) in [4.78, 5) is 20.9. The van der Waals surface area contributed by atoms with Crippen molar-refractivity contribution in [1.82, 2.24) is 9.88 Å². The molecule has 32 heavy (non-hydrogen) atoms. The predicted molar refractivity (Wildman–Crippen MR) is 113 cm³/mol. The third kappa shape index (κ3) is 5.19. The predicted octanol–water partition coefficient (Wildman–Crippen LogP) is 3.72. The number of carbonyl (C=O) groups is 1. The molecule has 1 aliphatic heterocycles. The Bertz CT molecular complexity index is 975. The lowest BCUT2D eigenvalue weighted by atomic mass is 9.95. The number of hydrogen-bond acceptors (Lipinski definition) is 5. The number of halogens is 3. The fourth-order valence-corrected chi connectivity index (χ4v) is 4.09. The van der Waals surface area contributed by atoms with Gasteiger partial charge in [-0.05, 0) is 42.8 Å². The number of amides is 1. The minimum atomic E-state index is -4.63. The lowest BCUT2D eigenvalue weighted by molar-refractivity contribution is -0.138. The highest BCUT2D eigenvalue weighted by molar-refractivity contribution is 5.81. The average Bonchev–Trinajstić information content (AvgIpc) is 3.21. The Morgan fingerprint density at radius 2 is 2.00 bits per heavy atom. The molecular formula is C23H25F3N4O2. The van der Waals surface area contributed by atoms with Gasteiger partial charge in [-0.15, -0.1) is 0 Å². The Kier molecular flexibility index (Phi) is 7.36. The number of alkyl halides is 3. The van der Waals surface area contributed by atoms with E-state index in [0.29, 0.717) is 31.9 Å². The van der Waals surface area contributed by atoms with E-state index in [-0.39, 0.29) is 18.4 Å². The molecule has 1 fully saturated rings. The number of ether oxygens (including phenoxy) is 1. The van der Waals surface area contributed by atoms with Gasteiger partial charge in [-0.25, -0.2) is 0 Å². The van der Waals surface area contributed by atoms with Crippen LogP contribution in [0.15, 0.2) is 42.7 Å². The monoisotopic (exact) mass is 446 g/mol. The summed E-state index contributed by atoms with van der Waals surface area (Å²) >= 11 is 0. The Labute approximate surface area is 185 Å². The van der Waals surface area contributed by atoms with E-state index < -0.39 is 23.2 Å². The Balaban J connectivity index is 1.84. The van der Waals surface area contributed by atoms with Crippen LogP contribution in [-0.4, -0.2) is 49.1 Å². The van der Waals surface area contributed by atoms with Crippen molar-refractivity contribution < 1.29 is 22.7 Å². The molecule has 2 heterocycles. The molecule has 0 saturated carbocycles. The first-order valence-corrected chi connectivity index (χ1v) is 10.3. The van der Waals surface area contributed by atoms with Gasteiger partial charge >= 0.3 is 6.18 Å². The number of methoxy groups -OCH3 is 1. The first-order valence-electron chi connectivity index (χ1n) is 10.3. The van der Waals surface area contributed by atoms with Crippen LogP contribution < -0.4 is 4.90 Å². The van der Waals surface area contributed by atoms with Crippen molar-refractivity contribution >= 4 is 11.6 Å². The van der Waals surface area contributed by atoms with Gasteiger partial charge < -0.3 is 14.5 Å². The summed E-state index contributed by atoms with van der Waals surface area (Å²) in [5, 5.41) is 9.04. The maximum absolute atomic E-state index is 13.4. The molecule has 2 atom stereocenters. The molecule has 3 rings (SSSR count). The lowest BCUT2D eigenvalue weighted by Gasteiger charge is -2.27. The molecule has 1 aliphatic rings. The van der Waals surface area contributed by atoms with Crippen molar-refractivity contribution in [2.75, 3.05) is 38.3 Å². The van der Waals surface area contributed by atoms with Crippen molar-refractivity contribution in [3.63, 3.8) is 0 Å². The number of rotatable bonds is 7. The minimum Gasteiger partial charge on any atom is -0.384 e. The maximum Gasteiger partial charge on any atom is 0.417 e. The largest absolute Gasteiger partial charge is 0.417 e.